The molecule has 5 nitrogen and oxygen atoms in total. The van der Waals surface area contributed by atoms with E-state index in [4.69, 9.17) is 10.5 Å². The van der Waals surface area contributed by atoms with Gasteiger partial charge in [-0.05, 0) is 37.6 Å². The zero-order valence-electron chi connectivity index (χ0n) is 12.0. The third-order valence-electron chi connectivity index (χ3n) is 3.21. The first kappa shape index (κ1) is 14.1. The normalized spacial score (nSPS) is 10.6. The first-order valence-electron chi connectivity index (χ1n) is 6.61. The van der Waals surface area contributed by atoms with Crippen molar-refractivity contribution in [1.82, 2.24) is 9.55 Å². The van der Waals surface area contributed by atoms with E-state index in [9.17, 15) is 4.79 Å². The summed E-state index contributed by atoms with van der Waals surface area (Å²) in [5.74, 6) is 1.15. The molecular formula is C15H19N3O2. The number of hydrogen-bond acceptors (Lipinski definition) is 3. The van der Waals surface area contributed by atoms with Crippen LogP contribution in [0.1, 0.15) is 35.4 Å². The van der Waals surface area contributed by atoms with Crippen molar-refractivity contribution >= 4 is 5.91 Å². The van der Waals surface area contributed by atoms with Crippen LogP contribution in [0.3, 0.4) is 0 Å². The van der Waals surface area contributed by atoms with E-state index in [0.717, 1.165) is 35.8 Å². The number of rotatable bonds is 5. The Morgan fingerprint density at radius 1 is 1.35 bits per heavy atom. The van der Waals surface area contributed by atoms with Gasteiger partial charge in [-0.25, -0.2) is 4.98 Å². The number of aryl methyl sites for hydroxylation is 1. The van der Waals surface area contributed by atoms with Crippen molar-refractivity contribution in [2.45, 2.75) is 26.7 Å². The van der Waals surface area contributed by atoms with E-state index in [-0.39, 0.29) is 0 Å². The number of imidazole rings is 1. The first-order valence-corrected chi connectivity index (χ1v) is 6.61. The summed E-state index contributed by atoms with van der Waals surface area (Å²) in [5.41, 5.74) is 7.44. The summed E-state index contributed by atoms with van der Waals surface area (Å²) < 4.78 is 7.13. The lowest BCUT2D eigenvalue weighted by Gasteiger charge is -2.10. The van der Waals surface area contributed by atoms with E-state index >= 15 is 0 Å². The maximum absolute atomic E-state index is 11.4. The minimum atomic E-state index is -0.493. The van der Waals surface area contributed by atoms with Crippen LogP contribution in [-0.4, -0.2) is 22.6 Å². The molecule has 0 aliphatic rings. The van der Waals surface area contributed by atoms with Gasteiger partial charge in [0, 0.05) is 12.1 Å². The number of carbonyl (C=O) groups excluding carboxylic acids is 1. The van der Waals surface area contributed by atoms with Crippen LogP contribution >= 0.6 is 0 Å². The van der Waals surface area contributed by atoms with E-state index in [0.29, 0.717) is 5.69 Å². The maximum atomic E-state index is 11.4. The Kier molecular flexibility index (Phi) is 4.08. The number of nitrogens with zero attached hydrogens (tertiary/aromatic N) is 2. The molecule has 0 unspecified atom stereocenters. The predicted octanol–water partition coefficient (Wildman–Crippen LogP) is 2.24. The highest BCUT2D eigenvalue weighted by Crippen LogP contribution is 2.21. The van der Waals surface area contributed by atoms with Gasteiger partial charge in [0.1, 0.15) is 17.3 Å². The topological polar surface area (TPSA) is 70.1 Å². The fourth-order valence-corrected chi connectivity index (χ4v) is 2.26. The van der Waals surface area contributed by atoms with Crippen LogP contribution in [0, 0.1) is 6.92 Å². The Morgan fingerprint density at radius 2 is 2.00 bits per heavy atom. The number of ether oxygens (including phenoxy) is 1. The fourth-order valence-electron chi connectivity index (χ4n) is 2.26. The third-order valence-corrected chi connectivity index (χ3v) is 3.21. The Bertz CT molecular complexity index is 615. The van der Waals surface area contributed by atoms with E-state index in [1.54, 1.807) is 7.11 Å². The second kappa shape index (κ2) is 5.77. The van der Waals surface area contributed by atoms with Crippen LogP contribution in [0.25, 0.3) is 5.69 Å². The molecular weight excluding hydrogens is 254 g/mol. The average Bonchev–Trinajstić information content (AvgIpc) is 2.76. The van der Waals surface area contributed by atoms with Gasteiger partial charge in [0.05, 0.1) is 12.8 Å². The fraction of sp³-hybridized carbons (Fsp3) is 0.333. The molecule has 0 bridgehead atoms. The summed E-state index contributed by atoms with van der Waals surface area (Å²) in [6.45, 7) is 3.93. The van der Waals surface area contributed by atoms with Gasteiger partial charge in [-0.15, -0.1) is 0 Å². The molecule has 0 atom stereocenters. The van der Waals surface area contributed by atoms with Crippen molar-refractivity contribution in [3.8, 4) is 11.4 Å². The molecule has 106 valence electrons. The van der Waals surface area contributed by atoms with Gasteiger partial charge in [0.15, 0.2) is 0 Å². The van der Waals surface area contributed by atoms with Gasteiger partial charge >= 0.3 is 0 Å². The summed E-state index contributed by atoms with van der Waals surface area (Å²) >= 11 is 0. The van der Waals surface area contributed by atoms with Crippen LogP contribution in [-0.2, 0) is 6.42 Å². The molecule has 20 heavy (non-hydrogen) atoms. The van der Waals surface area contributed by atoms with Crippen LogP contribution in [0.5, 0.6) is 5.75 Å². The summed E-state index contributed by atoms with van der Waals surface area (Å²) in [6, 6.07) is 7.65. The number of aromatic nitrogens is 2. The third kappa shape index (κ3) is 2.52. The van der Waals surface area contributed by atoms with E-state index in [2.05, 4.69) is 11.9 Å². The number of nitrogens with two attached hydrogens (primary N) is 1. The lowest BCUT2D eigenvalue weighted by molar-refractivity contribution is 0.0995. The van der Waals surface area contributed by atoms with Crippen molar-refractivity contribution < 1.29 is 9.53 Å². The minimum absolute atomic E-state index is 0.337. The number of primary amides is 1. The number of hydrogen-bond donors (Lipinski definition) is 1. The molecule has 2 N–H and O–H groups in total. The Hall–Kier alpha value is -2.30. The summed E-state index contributed by atoms with van der Waals surface area (Å²) in [4.78, 5) is 15.8. The molecule has 0 radical (unpaired) electrons. The monoisotopic (exact) mass is 273 g/mol. The molecule has 1 aromatic heterocycles. The van der Waals surface area contributed by atoms with Gasteiger partial charge in [-0.1, -0.05) is 6.92 Å². The largest absolute Gasteiger partial charge is 0.497 e. The standard InChI is InChI=1S/C15H19N3O2/c1-4-5-13-17-14(15(16)19)10(2)18(13)11-6-8-12(20-3)9-7-11/h6-9H,4-5H2,1-3H3,(H2,16,19). The van der Waals surface area contributed by atoms with Crippen molar-refractivity contribution in [2.24, 2.45) is 5.73 Å². The highest BCUT2D eigenvalue weighted by atomic mass is 16.5. The zero-order valence-corrected chi connectivity index (χ0v) is 12.0. The quantitative estimate of drug-likeness (QED) is 0.908. The molecule has 0 spiro atoms. The molecule has 0 saturated carbocycles. The molecule has 0 saturated heterocycles. The molecule has 1 heterocycles. The minimum Gasteiger partial charge on any atom is -0.497 e. The predicted molar refractivity (Wildman–Crippen MR) is 77.4 cm³/mol. The van der Waals surface area contributed by atoms with Crippen molar-refractivity contribution in [3.63, 3.8) is 0 Å². The second-order valence-electron chi connectivity index (χ2n) is 4.61. The first-order chi connectivity index (χ1) is 9.58. The molecule has 5 heteroatoms. The number of methoxy groups -OCH3 is 1. The van der Waals surface area contributed by atoms with Gasteiger partial charge < -0.3 is 15.0 Å². The molecule has 1 amide bonds. The smallest absolute Gasteiger partial charge is 0.269 e. The highest BCUT2D eigenvalue weighted by molar-refractivity contribution is 5.92. The van der Waals surface area contributed by atoms with Gasteiger partial charge in [-0.2, -0.15) is 0 Å². The number of carbonyl (C=O) groups is 1. The van der Waals surface area contributed by atoms with Gasteiger partial charge in [0.25, 0.3) is 5.91 Å². The zero-order chi connectivity index (χ0) is 14.7. The second-order valence-corrected chi connectivity index (χ2v) is 4.61. The van der Waals surface area contributed by atoms with Crippen LogP contribution in [0.2, 0.25) is 0 Å². The highest BCUT2D eigenvalue weighted by Gasteiger charge is 2.18. The summed E-state index contributed by atoms with van der Waals surface area (Å²) in [5, 5.41) is 0. The number of benzene rings is 1. The molecule has 0 aliphatic heterocycles. The van der Waals surface area contributed by atoms with Crippen molar-refractivity contribution in [1.29, 1.82) is 0 Å². The maximum Gasteiger partial charge on any atom is 0.269 e. The molecule has 1 aromatic carbocycles. The van der Waals surface area contributed by atoms with E-state index < -0.39 is 5.91 Å². The van der Waals surface area contributed by atoms with Crippen molar-refractivity contribution in [3.05, 3.63) is 41.5 Å². The Morgan fingerprint density at radius 3 is 2.50 bits per heavy atom. The van der Waals surface area contributed by atoms with Crippen LogP contribution in [0.15, 0.2) is 24.3 Å². The molecule has 0 fully saturated rings. The van der Waals surface area contributed by atoms with Gasteiger partial charge in [-0.3, -0.25) is 4.79 Å². The average molecular weight is 273 g/mol. The summed E-state index contributed by atoms with van der Waals surface area (Å²) in [7, 11) is 1.63. The lowest BCUT2D eigenvalue weighted by Crippen LogP contribution is -2.13. The Balaban J connectivity index is 2.54. The van der Waals surface area contributed by atoms with E-state index in [1.807, 2.05) is 35.8 Å². The molecule has 2 aromatic rings. The summed E-state index contributed by atoms with van der Waals surface area (Å²) in [6.07, 6.45) is 1.74. The molecule has 0 aliphatic carbocycles. The lowest BCUT2D eigenvalue weighted by atomic mass is 10.2. The SMILES string of the molecule is CCCc1nc(C(N)=O)c(C)n1-c1ccc(OC)cc1. The van der Waals surface area contributed by atoms with Crippen LogP contribution in [0.4, 0.5) is 0 Å². The van der Waals surface area contributed by atoms with Crippen LogP contribution < -0.4 is 10.5 Å². The Labute approximate surface area is 118 Å². The van der Waals surface area contributed by atoms with Gasteiger partial charge in [0.2, 0.25) is 0 Å². The van der Waals surface area contributed by atoms with Crippen molar-refractivity contribution in [2.75, 3.05) is 7.11 Å². The number of amides is 1. The van der Waals surface area contributed by atoms with E-state index in [1.165, 1.54) is 0 Å². The molecule has 2 rings (SSSR count).